The molecule has 0 aliphatic rings. The lowest BCUT2D eigenvalue weighted by atomic mass is 10.1. The molecule has 4 nitrogen and oxygen atoms in total. The van der Waals surface area contributed by atoms with E-state index < -0.39 is 5.97 Å². The van der Waals surface area contributed by atoms with Crippen molar-refractivity contribution in [2.45, 2.75) is 45.4 Å². The highest BCUT2D eigenvalue weighted by Crippen LogP contribution is 2.08. The van der Waals surface area contributed by atoms with Gasteiger partial charge in [0.2, 0.25) is 0 Å². The number of carboxylic acid groups (broad SMARTS) is 1. The van der Waals surface area contributed by atoms with E-state index in [0.717, 1.165) is 12.8 Å². The Morgan fingerprint density at radius 1 is 1.10 bits per heavy atom. The van der Waals surface area contributed by atoms with Crippen LogP contribution >= 0.6 is 0 Å². The van der Waals surface area contributed by atoms with Crippen molar-refractivity contribution in [3.63, 3.8) is 0 Å². The third kappa shape index (κ3) is 6.36. The van der Waals surface area contributed by atoms with Crippen LogP contribution in [-0.4, -0.2) is 23.5 Å². The van der Waals surface area contributed by atoms with Crippen molar-refractivity contribution in [2.75, 3.05) is 6.54 Å². The molecule has 20 heavy (non-hydrogen) atoms. The molecule has 0 spiro atoms. The minimum absolute atomic E-state index is 0.0950. The van der Waals surface area contributed by atoms with Gasteiger partial charge in [-0.05, 0) is 43.4 Å². The molecule has 0 saturated carbocycles. The van der Waals surface area contributed by atoms with E-state index in [1.807, 2.05) is 24.3 Å². The summed E-state index contributed by atoms with van der Waals surface area (Å²) in [5.74, 6) is -0.888. The highest BCUT2D eigenvalue weighted by atomic mass is 16.4. The molecule has 0 saturated heterocycles. The molecule has 110 valence electrons. The highest BCUT2D eigenvalue weighted by Gasteiger charge is 2.04. The summed E-state index contributed by atoms with van der Waals surface area (Å²) in [6.07, 6.45) is 4.81. The van der Waals surface area contributed by atoms with E-state index in [9.17, 15) is 9.59 Å². The van der Waals surface area contributed by atoms with E-state index in [4.69, 9.17) is 5.11 Å². The van der Waals surface area contributed by atoms with Crippen molar-refractivity contribution in [1.82, 2.24) is 5.32 Å². The number of unbranched alkanes of at least 4 members (excludes halogenated alkanes) is 2. The zero-order valence-corrected chi connectivity index (χ0v) is 12.0. The highest BCUT2D eigenvalue weighted by molar-refractivity contribution is 5.94. The lowest BCUT2D eigenvalue weighted by molar-refractivity contribution is -0.137. The maximum absolute atomic E-state index is 11.8. The molecule has 0 heterocycles. The number of benzene rings is 1. The predicted molar refractivity (Wildman–Crippen MR) is 78.9 cm³/mol. The summed E-state index contributed by atoms with van der Waals surface area (Å²) in [5, 5.41) is 11.3. The van der Waals surface area contributed by atoms with Gasteiger partial charge in [0.15, 0.2) is 0 Å². The van der Waals surface area contributed by atoms with E-state index in [-0.39, 0.29) is 12.3 Å². The van der Waals surface area contributed by atoms with E-state index in [1.165, 1.54) is 12.0 Å². The molecule has 0 aromatic heterocycles. The summed E-state index contributed by atoms with van der Waals surface area (Å²) >= 11 is 0. The van der Waals surface area contributed by atoms with E-state index in [2.05, 4.69) is 12.2 Å². The summed E-state index contributed by atoms with van der Waals surface area (Å²) in [6, 6.07) is 7.68. The second-order valence-electron chi connectivity index (χ2n) is 4.91. The molecule has 0 fully saturated rings. The fourth-order valence-corrected chi connectivity index (χ4v) is 1.91. The zero-order chi connectivity index (χ0) is 14.8. The van der Waals surface area contributed by atoms with Gasteiger partial charge in [0.25, 0.3) is 5.91 Å². The Hall–Kier alpha value is -1.84. The Balaban J connectivity index is 2.30. The van der Waals surface area contributed by atoms with Gasteiger partial charge >= 0.3 is 5.97 Å². The van der Waals surface area contributed by atoms with Crippen LogP contribution in [0.15, 0.2) is 24.3 Å². The SMILES string of the molecule is CCCCc1ccc(C(=O)NCCCCC(=O)O)cc1. The van der Waals surface area contributed by atoms with Crippen molar-refractivity contribution in [2.24, 2.45) is 0 Å². The van der Waals surface area contributed by atoms with Crippen LogP contribution in [0.5, 0.6) is 0 Å². The molecule has 1 aromatic carbocycles. The van der Waals surface area contributed by atoms with Crippen LogP contribution in [0, 0.1) is 0 Å². The Morgan fingerprint density at radius 3 is 2.40 bits per heavy atom. The molecular weight excluding hydrogens is 254 g/mol. The Bertz CT molecular complexity index is 426. The summed E-state index contributed by atoms with van der Waals surface area (Å²) in [7, 11) is 0. The van der Waals surface area contributed by atoms with Gasteiger partial charge in [-0.3, -0.25) is 9.59 Å². The first-order valence-corrected chi connectivity index (χ1v) is 7.22. The second kappa shape index (κ2) is 9.13. The maximum atomic E-state index is 11.8. The van der Waals surface area contributed by atoms with Crippen LogP contribution in [0.2, 0.25) is 0 Å². The molecule has 2 N–H and O–H groups in total. The number of carbonyl (C=O) groups excluding carboxylic acids is 1. The van der Waals surface area contributed by atoms with Gasteiger partial charge in [-0.25, -0.2) is 0 Å². The monoisotopic (exact) mass is 277 g/mol. The van der Waals surface area contributed by atoms with Gasteiger partial charge in [-0.1, -0.05) is 25.5 Å². The van der Waals surface area contributed by atoms with Gasteiger partial charge < -0.3 is 10.4 Å². The minimum Gasteiger partial charge on any atom is -0.481 e. The van der Waals surface area contributed by atoms with Crippen LogP contribution in [0.3, 0.4) is 0 Å². The standard InChI is InChI=1S/C16H23NO3/c1-2-3-6-13-8-10-14(11-9-13)16(20)17-12-5-4-7-15(18)19/h8-11H,2-7,12H2,1H3,(H,17,20)(H,18,19). The zero-order valence-electron chi connectivity index (χ0n) is 12.0. The third-order valence-electron chi connectivity index (χ3n) is 3.14. The maximum Gasteiger partial charge on any atom is 0.303 e. The minimum atomic E-state index is -0.793. The van der Waals surface area contributed by atoms with Crippen molar-refractivity contribution in [1.29, 1.82) is 0 Å². The van der Waals surface area contributed by atoms with Gasteiger partial charge in [0.05, 0.1) is 0 Å². The van der Waals surface area contributed by atoms with Crippen LogP contribution in [0.4, 0.5) is 0 Å². The van der Waals surface area contributed by atoms with Crippen LogP contribution in [0.25, 0.3) is 0 Å². The fourth-order valence-electron chi connectivity index (χ4n) is 1.91. The largest absolute Gasteiger partial charge is 0.481 e. The average Bonchev–Trinajstić information content (AvgIpc) is 2.44. The third-order valence-corrected chi connectivity index (χ3v) is 3.14. The van der Waals surface area contributed by atoms with Gasteiger partial charge in [-0.15, -0.1) is 0 Å². The number of amides is 1. The summed E-state index contributed by atoms with van der Waals surface area (Å²) in [4.78, 5) is 22.2. The Labute approximate surface area is 120 Å². The number of nitrogens with one attached hydrogen (secondary N) is 1. The average molecular weight is 277 g/mol. The summed E-state index contributed by atoms with van der Waals surface area (Å²) in [5.41, 5.74) is 1.91. The normalized spacial score (nSPS) is 10.2. The molecule has 0 aliphatic heterocycles. The Kier molecular flexibility index (Phi) is 7.40. The van der Waals surface area contributed by atoms with Crippen molar-refractivity contribution in [3.05, 3.63) is 35.4 Å². The molecule has 1 rings (SSSR count). The Morgan fingerprint density at radius 2 is 1.80 bits per heavy atom. The van der Waals surface area contributed by atoms with Crippen molar-refractivity contribution >= 4 is 11.9 Å². The van der Waals surface area contributed by atoms with Crippen molar-refractivity contribution < 1.29 is 14.7 Å². The molecule has 0 bridgehead atoms. The lowest BCUT2D eigenvalue weighted by Crippen LogP contribution is -2.24. The summed E-state index contributed by atoms with van der Waals surface area (Å²) in [6.45, 7) is 2.68. The lowest BCUT2D eigenvalue weighted by Gasteiger charge is -2.06. The molecular formula is C16H23NO3. The fraction of sp³-hybridized carbons (Fsp3) is 0.500. The number of rotatable bonds is 9. The van der Waals surface area contributed by atoms with Gasteiger partial charge in [0.1, 0.15) is 0 Å². The number of carbonyl (C=O) groups is 2. The van der Waals surface area contributed by atoms with Crippen molar-refractivity contribution in [3.8, 4) is 0 Å². The molecule has 0 atom stereocenters. The first-order valence-electron chi connectivity index (χ1n) is 7.22. The molecule has 4 heteroatoms. The number of hydrogen-bond acceptors (Lipinski definition) is 2. The number of aryl methyl sites for hydroxylation is 1. The quantitative estimate of drug-likeness (QED) is 0.682. The second-order valence-corrected chi connectivity index (χ2v) is 4.91. The summed E-state index contributed by atoms with van der Waals surface area (Å²) < 4.78 is 0. The van der Waals surface area contributed by atoms with Crippen LogP contribution in [-0.2, 0) is 11.2 Å². The molecule has 0 aliphatic carbocycles. The van der Waals surface area contributed by atoms with Gasteiger partial charge in [-0.2, -0.15) is 0 Å². The topological polar surface area (TPSA) is 66.4 Å². The number of aliphatic carboxylic acids is 1. The molecule has 1 amide bonds. The van der Waals surface area contributed by atoms with Crippen LogP contribution < -0.4 is 5.32 Å². The van der Waals surface area contributed by atoms with E-state index in [0.29, 0.717) is 24.9 Å². The smallest absolute Gasteiger partial charge is 0.303 e. The molecule has 1 aromatic rings. The van der Waals surface area contributed by atoms with Gasteiger partial charge in [0, 0.05) is 18.5 Å². The predicted octanol–water partition coefficient (Wildman–Crippen LogP) is 3.01. The molecule has 0 radical (unpaired) electrons. The van der Waals surface area contributed by atoms with E-state index in [1.54, 1.807) is 0 Å². The number of carboxylic acids is 1. The first kappa shape index (κ1) is 16.2. The van der Waals surface area contributed by atoms with E-state index >= 15 is 0 Å². The molecule has 0 unspecified atom stereocenters. The first-order chi connectivity index (χ1) is 9.63. The number of hydrogen-bond donors (Lipinski definition) is 2. The van der Waals surface area contributed by atoms with Crippen LogP contribution in [0.1, 0.15) is 54.9 Å².